The Kier molecular flexibility index (Phi) is 5.98. The van der Waals surface area contributed by atoms with Crippen LogP contribution in [-0.4, -0.2) is 12.1 Å². The number of ether oxygens (including phenoxy) is 1. The maximum absolute atomic E-state index is 12.5. The first-order valence-corrected chi connectivity index (χ1v) is 6.22. The summed E-state index contributed by atoms with van der Waals surface area (Å²) in [7, 11) is 0. The average molecular weight is 319 g/mol. The van der Waals surface area contributed by atoms with E-state index in [-0.39, 0.29) is 4.48 Å². The minimum absolute atomic E-state index is 0.307. The smallest absolute Gasteiger partial charge is 0.303 e. The van der Waals surface area contributed by atoms with Crippen molar-refractivity contribution >= 4 is 21.9 Å². The van der Waals surface area contributed by atoms with Gasteiger partial charge in [-0.25, -0.2) is 0 Å². The molecule has 0 heterocycles. The molecule has 1 rings (SSSR count). The van der Waals surface area contributed by atoms with Crippen LogP contribution in [0.1, 0.15) is 18.9 Å². The number of hydrogen-bond acceptors (Lipinski definition) is 2. The molecule has 0 bridgehead atoms. The van der Waals surface area contributed by atoms with Gasteiger partial charge in [-0.15, -0.1) is 0 Å². The fourth-order valence-corrected chi connectivity index (χ4v) is 1.82. The minimum Gasteiger partial charge on any atom is -0.457 e. The third kappa shape index (κ3) is 4.96. The van der Waals surface area contributed by atoms with E-state index in [2.05, 4.69) is 15.9 Å². The Morgan fingerprint density at radius 1 is 1.33 bits per heavy atom. The number of halogens is 3. The Balaban J connectivity index is 2.68. The lowest BCUT2D eigenvalue weighted by atomic mass is 10.1. The van der Waals surface area contributed by atoms with Crippen molar-refractivity contribution < 1.29 is 18.3 Å². The van der Waals surface area contributed by atoms with E-state index in [1.807, 2.05) is 30.3 Å². The fourth-order valence-electron chi connectivity index (χ4n) is 1.50. The van der Waals surface area contributed by atoms with Gasteiger partial charge in [0.05, 0.1) is 0 Å². The van der Waals surface area contributed by atoms with E-state index in [1.54, 1.807) is 0 Å². The average Bonchev–Trinajstić information content (AvgIpc) is 2.34. The SMILES string of the molecule is CC(=O)OC(CCc1ccccc1)C(Br)=C(F)F. The molecule has 0 radical (unpaired) electrons. The second-order valence-corrected chi connectivity index (χ2v) is 4.59. The molecule has 98 valence electrons. The van der Waals surface area contributed by atoms with Gasteiger partial charge in [-0.2, -0.15) is 8.78 Å². The lowest BCUT2D eigenvalue weighted by Gasteiger charge is -2.15. The number of carbonyl (C=O) groups excluding carboxylic acids is 1. The third-order valence-corrected chi connectivity index (χ3v) is 3.12. The first-order chi connectivity index (χ1) is 8.50. The molecule has 0 aliphatic rings. The summed E-state index contributed by atoms with van der Waals surface area (Å²) in [6.07, 6.45) is -1.94. The molecule has 2 nitrogen and oxygen atoms in total. The molecule has 5 heteroatoms. The van der Waals surface area contributed by atoms with Crippen LogP contribution in [0.15, 0.2) is 40.9 Å². The summed E-state index contributed by atoms with van der Waals surface area (Å²) in [6.45, 7) is 1.20. The van der Waals surface area contributed by atoms with E-state index in [0.29, 0.717) is 12.8 Å². The lowest BCUT2D eigenvalue weighted by molar-refractivity contribution is -0.144. The summed E-state index contributed by atoms with van der Waals surface area (Å²) in [5.74, 6) is -0.578. The maximum Gasteiger partial charge on any atom is 0.303 e. The van der Waals surface area contributed by atoms with Crippen LogP contribution < -0.4 is 0 Å². The van der Waals surface area contributed by atoms with Crippen molar-refractivity contribution in [2.45, 2.75) is 25.9 Å². The van der Waals surface area contributed by atoms with Crippen molar-refractivity contribution in [2.75, 3.05) is 0 Å². The van der Waals surface area contributed by atoms with Gasteiger partial charge in [-0.05, 0) is 34.3 Å². The van der Waals surface area contributed by atoms with Crippen molar-refractivity contribution in [2.24, 2.45) is 0 Å². The molecule has 1 aromatic rings. The van der Waals surface area contributed by atoms with Crippen LogP contribution in [-0.2, 0) is 16.0 Å². The van der Waals surface area contributed by atoms with Gasteiger partial charge in [-0.3, -0.25) is 4.79 Å². The number of rotatable bonds is 5. The van der Waals surface area contributed by atoms with Gasteiger partial charge in [0.25, 0.3) is 6.08 Å². The molecule has 0 saturated heterocycles. The van der Waals surface area contributed by atoms with Crippen molar-refractivity contribution in [3.05, 3.63) is 46.5 Å². The molecule has 0 N–H and O–H groups in total. The number of benzene rings is 1. The van der Waals surface area contributed by atoms with Crippen molar-refractivity contribution in [1.29, 1.82) is 0 Å². The van der Waals surface area contributed by atoms with E-state index in [4.69, 9.17) is 4.74 Å². The summed E-state index contributed by atoms with van der Waals surface area (Å²) in [6, 6.07) is 9.42. The Hall–Kier alpha value is -1.23. The zero-order valence-corrected chi connectivity index (χ0v) is 11.4. The van der Waals surface area contributed by atoms with Gasteiger partial charge in [0.2, 0.25) is 0 Å². The Labute approximate surface area is 113 Å². The molecule has 0 amide bonds. The van der Waals surface area contributed by atoms with Gasteiger partial charge >= 0.3 is 5.97 Å². The highest BCUT2D eigenvalue weighted by Gasteiger charge is 2.20. The third-order valence-electron chi connectivity index (χ3n) is 2.31. The van der Waals surface area contributed by atoms with E-state index in [1.165, 1.54) is 6.92 Å². The van der Waals surface area contributed by atoms with E-state index in [0.717, 1.165) is 5.56 Å². The molecule has 0 saturated carbocycles. The Morgan fingerprint density at radius 2 is 1.94 bits per heavy atom. The Bertz CT molecular complexity index is 428. The van der Waals surface area contributed by atoms with Gasteiger partial charge in [0.1, 0.15) is 10.6 Å². The molecule has 0 fully saturated rings. The maximum atomic E-state index is 12.5. The van der Waals surface area contributed by atoms with Gasteiger partial charge in [0.15, 0.2) is 0 Å². The first kappa shape index (κ1) is 14.8. The topological polar surface area (TPSA) is 26.3 Å². The quantitative estimate of drug-likeness (QED) is 0.765. The van der Waals surface area contributed by atoms with E-state index in [9.17, 15) is 13.6 Å². The minimum atomic E-state index is -1.87. The predicted molar refractivity (Wildman–Crippen MR) is 68.5 cm³/mol. The van der Waals surface area contributed by atoms with Gasteiger partial charge in [-0.1, -0.05) is 30.3 Å². The van der Waals surface area contributed by atoms with Crippen LogP contribution in [0, 0.1) is 0 Å². The standard InChI is InChI=1S/C13H13BrF2O2/c1-9(17)18-11(12(14)13(15)16)8-7-10-5-3-2-4-6-10/h2-6,11H,7-8H2,1H3. The summed E-state index contributed by atoms with van der Waals surface area (Å²) < 4.78 is 29.5. The van der Waals surface area contributed by atoms with Crippen LogP contribution in [0.5, 0.6) is 0 Å². The van der Waals surface area contributed by atoms with Crippen LogP contribution >= 0.6 is 15.9 Å². The summed E-state index contributed by atoms with van der Waals surface area (Å²) in [5.41, 5.74) is 1.01. The molecule has 0 aliphatic carbocycles. The molecule has 1 atom stereocenters. The summed E-state index contributed by atoms with van der Waals surface area (Å²) in [5, 5.41) is 0. The highest BCUT2D eigenvalue weighted by molar-refractivity contribution is 9.11. The second kappa shape index (κ2) is 7.26. The van der Waals surface area contributed by atoms with Crippen molar-refractivity contribution in [3.63, 3.8) is 0 Å². The number of esters is 1. The van der Waals surface area contributed by atoms with Crippen molar-refractivity contribution in [1.82, 2.24) is 0 Å². The molecule has 1 unspecified atom stereocenters. The number of hydrogen-bond donors (Lipinski definition) is 0. The zero-order valence-electron chi connectivity index (χ0n) is 9.83. The number of aryl methyl sites for hydroxylation is 1. The molecule has 0 spiro atoms. The van der Waals surface area contributed by atoms with Crippen LogP contribution in [0.4, 0.5) is 8.78 Å². The number of carbonyl (C=O) groups is 1. The molecule has 1 aromatic carbocycles. The summed E-state index contributed by atoms with van der Waals surface area (Å²) >= 11 is 2.76. The predicted octanol–water partition coefficient (Wildman–Crippen LogP) is 4.05. The lowest BCUT2D eigenvalue weighted by Crippen LogP contribution is -2.18. The molecule has 18 heavy (non-hydrogen) atoms. The molecule has 0 aromatic heterocycles. The first-order valence-electron chi connectivity index (χ1n) is 5.42. The second-order valence-electron chi connectivity index (χ2n) is 3.73. The van der Waals surface area contributed by atoms with Gasteiger partial charge < -0.3 is 4.74 Å². The largest absolute Gasteiger partial charge is 0.457 e. The van der Waals surface area contributed by atoms with Crippen molar-refractivity contribution in [3.8, 4) is 0 Å². The normalized spacial score (nSPS) is 11.8. The highest BCUT2D eigenvalue weighted by Crippen LogP contribution is 2.25. The Morgan fingerprint density at radius 3 is 2.44 bits per heavy atom. The molecular weight excluding hydrogens is 306 g/mol. The van der Waals surface area contributed by atoms with Gasteiger partial charge in [0, 0.05) is 6.92 Å². The molecular formula is C13H13BrF2O2. The van der Waals surface area contributed by atoms with E-state index < -0.39 is 18.2 Å². The monoisotopic (exact) mass is 318 g/mol. The fraction of sp³-hybridized carbons (Fsp3) is 0.308. The molecule has 0 aliphatic heterocycles. The van der Waals surface area contributed by atoms with Crippen LogP contribution in [0.25, 0.3) is 0 Å². The van der Waals surface area contributed by atoms with Crippen LogP contribution in [0.2, 0.25) is 0 Å². The zero-order chi connectivity index (χ0) is 13.5. The summed E-state index contributed by atoms with van der Waals surface area (Å²) in [4.78, 5) is 10.9. The highest BCUT2D eigenvalue weighted by atomic mass is 79.9. The van der Waals surface area contributed by atoms with Crippen LogP contribution in [0.3, 0.4) is 0 Å². The van der Waals surface area contributed by atoms with E-state index >= 15 is 0 Å².